The lowest BCUT2D eigenvalue weighted by Gasteiger charge is -2.36. The van der Waals surface area contributed by atoms with Crippen molar-refractivity contribution < 1.29 is 14.6 Å². The van der Waals surface area contributed by atoms with Gasteiger partial charge in [0.25, 0.3) is 0 Å². The molecule has 1 amide bonds. The second-order valence-electron chi connectivity index (χ2n) is 9.37. The summed E-state index contributed by atoms with van der Waals surface area (Å²) in [6.45, 7) is 6.92. The van der Waals surface area contributed by atoms with Crippen LogP contribution in [0.5, 0.6) is 0 Å². The van der Waals surface area contributed by atoms with Crippen molar-refractivity contribution in [2.24, 2.45) is 16.6 Å². The number of aliphatic hydroxyl groups excluding tert-OH is 1. The summed E-state index contributed by atoms with van der Waals surface area (Å²) in [4.78, 5) is 25.2. The fourth-order valence-electron chi connectivity index (χ4n) is 4.12. The number of nitrogens with one attached hydrogen (secondary N) is 2. The van der Waals surface area contributed by atoms with Gasteiger partial charge in [0, 0.05) is 37.1 Å². The van der Waals surface area contributed by atoms with Crippen LogP contribution in [0.3, 0.4) is 0 Å². The molecule has 1 saturated carbocycles. The number of carbonyl (C=O) groups excluding carboxylic acids is 1. The Balaban J connectivity index is 1.50. The highest BCUT2D eigenvalue weighted by Gasteiger charge is 2.30. The van der Waals surface area contributed by atoms with E-state index in [1.807, 2.05) is 25.1 Å². The first-order valence-corrected chi connectivity index (χ1v) is 12.5. The zero-order valence-electron chi connectivity index (χ0n) is 21.4. The quantitative estimate of drug-likeness (QED) is 0.314. The van der Waals surface area contributed by atoms with Crippen molar-refractivity contribution in [1.29, 1.82) is 0 Å². The summed E-state index contributed by atoms with van der Waals surface area (Å²) in [6, 6.07) is 7.91. The Hall–Kier alpha value is -3.30. The van der Waals surface area contributed by atoms with Crippen LogP contribution in [0.15, 0.2) is 47.4 Å². The Morgan fingerprint density at radius 1 is 1.33 bits per heavy atom. The van der Waals surface area contributed by atoms with Gasteiger partial charge in [-0.25, -0.2) is 9.97 Å². The number of nitrogens with two attached hydrogens (primary N) is 1. The molecule has 1 aromatic heterocycles. The third kappa shape index (κ3) is 8.42. The van der Waals surface area contributed by atoms with Crippen molar-refractivity contribution in [3.05, 3.63) is 53.5 Å². The summed E-state index contributed by atoms with van der Waals surface area (Å²) in [6.07, 6.45) is 8.80. The molecule has 9 nitrogen and oxygen atoms in total. The average molecular weight is 495 g/mol. The lowest BCUT2D eigenvalue weighted by molar-refractivity contribution is -0.122. The van der Waals surface area contributed by atoms with Gasteiger partial charge in [-0.2, -0.15) is 0 Å². The topological polar surface area (TPSA) is 135 Å². The van der Waals surface area contributed by atoms with Gasteiger partial charge in [0.2, 0.25) is 11.9 Å². The predicted molar refractivity (Wildman–Crippen MR) is 142 cm³/mol. The van der Waals surface area contributed by atoms with Gasteiger partial charge in [0.1, 0.15) is 0 Å². The summed E-state index contributed by atoms with van der Waals surface area (Å²) in [7, 11) is 0. The largest absolute Gasteiger partial charge is 0.403 e. The zero-order valence-corrected chi connectivity index (χ0v) is 21.4. The van der Waals surface area contributed by atoms with Crippen molar-refractivity contribution in [3.8, 4) is 11.3 Å². The first-order chi connectivity index (χ1) is 17.4. The van der Waals surface area contributed by atoms with Crippen LogP contribution in [0.2, 0.25) is 0 Å². The number of amides is 1. The van der Waals surface area contributed by atoms with Gasteiger partial charge >= 0.3 is 0 Å². The van der Waals surface area contributed by atoms with Crippen LogP contribution in [0.4, 0.5) is 5.95 Å². The molecule has 36 heavy (non-hydrogen) atoms. The van der Waals surface area contributed by atoms with Crippen molar-refractivity contribution in [2.45, 2.75) is 65.2 Å². The third-order valence-corrected chi connectivity index (χ3v) is 6.10. The van der Waals surface area contributed by atoms with Crippen molar-refractivity contribution >= 4 is 18.1 Å². The number of aromatic nitrogens is 2. The lowest BCUT2D eigenvalue weighted by atomic mass is 9.79. The second-order valence-corrected chi connectivity index (χ2v) is 9.37. The van der Waals surface area contributed by atoms with Gasteiger partial charge < -0.3 is 26.2 Å². The minimum absolute atomic E-state index is 0.0331. The van der Waals surface area contributed by atoms with Gasteiger partial charge in [-0.05, 0) is 69.2 Å². The number of rotatable bonds is 13. The molecule has 0 saturated heterocycles. The van der Waals surface area contributed by atoms with Crippen LogP contribution < -0.4 is 16.4 Å². The number of benzene rings is 1. The number of anilines is 1. The first-order valence-electron chi connectivity index (χ1n) is 12.5. The molecule has 0 aliphatic heterocycles. The fourth-order valence-corrected chi connectivity index (χ4v) is 4.12. The Labute approximate surface area is 213 Å². The maximum atomic E-state index is 12.4. The molecule has 1 heterocycles. The monoisotopic (exact) mass is 494 g/mol. The van der Waals surface area contributed by atoms with Crippen LogP contribution in [-0.2, 0) is 16.1 Å². The Morgan fingerprint density at radius 2 is 2.14 bits per heavy atom. The van der Waals surface area contributed by atoms with Crippen molar-refractivity contribution in [2.75, 3.05) is 18.5 Å². The van der Waals surface area contributed by atoms with Gasteiger partial charge in [0.05, 0.1) is 36.8 Å². The fraction of sp³-hybridized carbons (Fsp3) is 0.481. The van der Waals surface area contributed by atoms with E-state index in [9.17, 15) is 4.79 Å². The predicted octanol–water partition coefficient (Wildman–Crippen LogP) is 3.33. The number of nitrogens with zero attached hydrogens (tertiary/aromatic N) is 3. The van der Waals surface area contributed by atoms with Gasteiger partial charge in [-0.15, -0.1) is 0 Å². The molecule has 0 unspecified atom stereocenters. The summed E-state index contributed by atoms with van der Waals surface area (Å²) >= 11 is 0. The van der Waals surface area contributed by atoms with Gasteiger partial charge in [0.15, 0.2) is 0 Å². The highest BCUT2D eigenvalue weighted by atomic mass is 16.5. The Morgan fingerprint density at radius 3 is 2.83 bits per heavy atom. The molecule has 0 atom stereocenters. The maximum Gasteiger partial charge on any atom is 0.227 e. The van der Waals surface area contributed by atoms with E-state index in [-0.39, 0.29) is 18.6 Å². The number of allylic oxidation sites excluding steroid dienone is 1. The SMILES string of the molecule is Cc1cc(-c2ccnc(NC(C=NCCO)=CN)n2)ccc1CNC(=O)CCC1CC(OC(C)C)C1. The van der Waals surface area contributed by atoms with E-state index >= 15 is 0 Å². The molecule has 0 radical (unpaired) electrons. The summed E-state index contributed by atoms with van der Waals surface area (Å²) in [5.74, 6) is 1.07. The van der Waals surface area contributed by atoms with E-state index in [1.54, 1.807) is 6.20 Å². The molecular weight excluding hydrogens is 456 g/mol. The molecule has 1 fully saturated rings. The summed E-state index contributed by atoms with van der Waals surface area (Å²) in [5.41, 5.74) is 10.0. The van der Waals surface area contributed by atoms with Crippen LogP contribution >= 0.6 is 0 Å². The first kappa shape index (κ1) is 27.3. The van der Waals surface area contributed by atoms with E-state index in [0.717, 1.165) is 41.6 Å². The lowest BCUT2D eigenvalue weighted by Crippen LogP contribution is -2.34. The molecule has 1 aliphatic rings. The number of aliphatic imine (C=N–C) groups is 1. The number of ether oxygens (including phenoxy) is 1. The minimum Gasteiger partial charge on any atom is -0.403 e. The van der Waals surface area contributed by atoms with Gasteiger partial charge in [-0.3, -0.25) is 9.79 Å². The molecule has 194 valence electrons. The maximum absolute atomic E-state index is 12.4. The molecule has 3 rings (SSSR count). The van der Waals surface area contributed by atoms with Crippen LogP contribution in [-0.4, -0.2) is 52.6 Å². The van der Waals surface area contributed by atoms with Crippen LogP contribution in [0, 0.1) is 12.8 Å². The molecule has 2 aromatic rings. The van der Waals surface area contributed by atoms with E-state index in [1.165, 1.54) is 12.4 Å². The Bertz CT molecular complexity index is 1060. The molecule has 5 N–H and O–H groups in total. The van der Waals surface area contributed by atoms with E-state index < -0.39 is 0 Å². The number of carbonyl (C=O) groups is 1. The van der Waals surface area contributed by atoms with E-state index in [4.69, 9.17) is 15.6 Å². The number of aliphatic hydroxyl groups is 1. The van der Waals surface area contributed by atoms with Crippen molar-refractivity contribution in [1.82, 2.24) is 15.3 Å². The molecule has 0 bridgehead atoms. The van der Waals surface area contributed by atoms with Gasteiger partial charge in [-0.1, -0.05) is 12.1 Å². The highest BCUT2D eigenvalue weighted by molar-refractivity contribution is 5.82. The highest BCUT2D eigenvalue weighted by Crippen LogP contribution is 2.34. The average Bonchev–Trinajstić information content (AvgIpc) is 2.84. The zero-order chi connectivity index (χ0) is 25.9. The number of aryl methyl sites for hydroxylation is 1. The van der Waals surface area contributed by atoms with Crippen LogP contribution in [0.25, 0.3) is 11.3 Å². The minimum atomic E-state index is -0.0331. The summed E-state index contributed by atoms with van der Waals surface area (Å²) in [5, 5.41) is 14.9. The smallest absolute Gasteiger partial charge is 0.227 e. The van der Waals surface area contributed by atoms with E-state index in [2.05, 4.69) is 45.5 Å². The normalized spacial score (nSPS) is 17.9. The number of hydrogen-bond donors (Lipinski definition) is 4. The second kappa shape index (κ2) is 13.7. The molecule has 1 aliphatic carbocycles. The van der Waals surface area contributed by atoms with Crippen LogP contribution in [0.1, 0.15) is 50.7 Å². The summed E-state index contributed by atoms with van der Waals surface area (Å²) < 4.78 is 5.80. The molecular formula is C27H38N6O3. The van der Waals surface area contributed by atoms with Crippen molar-refractivity contribution in [3.63, 3.8) is 0 Å². The third-order valence-electron chi connectivity index (χ3n) is 6.10. The number of hydrogen-bond acceptors (Lipinski definition) is 8. The standard InChI is InChI=1S/C27H38N6O3/c1-18(2)36-24-13-20(14-24)4-7-26(35)31-16-22-6-5-21(12-19(22)3)25-8-9-30-27(33-25)32-23(15-28)17-29-10-11-34/h5-6,8-9,12,15,17-18,20,24,34H,4,7,10-11,13-14,16,28H2,1-3H3,(H,31,35)(H,30,32,33). The Kier molecular flexibility index (Phi) is 10.4. The molecule has 9 heteroatoms. The molecule has 0 spiro atoms. The molecule has 1 aromatic carbocycles. The van der Waals surface area contributed by atoms with E-state index in [0.29, 0.717) is 43.2 Å².